The number of phosphoric acid groups is 1. The Morgan fingerprint density at radius 1 is 0.549 bits per heavy atom. The van der Waals surface area contributed by atoms with Crippen LogP contribution < -0.4 is 0 Å². The van der Waals surface area contributed by atoms with Gasteiger partial charge in [-0.05, 0) is 77.6 Å². The molecule has 8 nitrogen and oxygen atoms in total. The van der Waals surface area contributed by atoms with E-state index in [1.54, 1.807) is 6.92 Å². The van der Waals surface area contributed by atoms with E-state index in [9.17, 15) is 19.0 Å². The van der Waals surface area contributed by atoms with Crippen molar-refractivity contribution in [3.8, 4) is 0 Å². The molecular weight excluding hydrogens is 663 g/mol. The van der Waals surface area contributed by atoms with Gasteiger partial charge in [-0.3, -0.25) is 18.6 Å². The zero-order valence-corrected chi connectivity index (χ0v) is 33.6. The highest BCUT2D eigenvalue weighted by Crippen LogP contribution is 2.43. The topological polar surface area (TPSA) is 108 Å². The highest BCUT2D eigenvalue weighted by molar-refractivity contribution is 7.47. The summed E-state index contributed by atoms with van der Waals surface area (Å²) in [4.78, 5) is 34.7. The van der Waals surface area contributed by atoms with Gasteiger partial charge in [-0.25, -0.2) is 4.57 Å². The van der Waals surface area contributed by atoms with Crippen LogP contribution in [0.1, 0.15) is 181 Å². The van der Waals surface area contributed by atoms with Crippen molar-refractivity contribution in [2.75, 3.05) is 19.8 Å². The lowest BCUT2D eigenvalue weighted by Crippen LogP contribution is -2.29. The van der Waals surface area contributed by atoms with E-state index in [1.165, 1.54) is 57.8 Å². The molecular formula is C42H75O8P. The summed E-state index contributed by atoms with van der Waals surface area (Å²) in [7, 11) is -4.28. The van der Waals surface area contributed by atoms with Crippen LogP contribution in [0, 0.1) is 0 Å². The average Bonchev–Trinajstić information content (AvgIpc) is 3.10. The Hall–Kier alpha value is -1.99. The number of unbranched alkanes of at least 4 members (excludes halogenated alkanes) is 17. The van der Waals surface area contributed by atoms with Crippen LogP contribution in [-0.2, 0) is 32.7 Å². The predicted molar refractivity (Wildman–Crippen MR) is 212 cm³/mol. The molecule has 0 spiro atoms. The number of carbonyl (C=O) groups excluding carboxylic acids is 2. The molecule has 2 unspecified atom stereocenters. The Morgan fingerprint density at radius 2 is 1.00 bits per heavy atom. The summed E-state index contributed by atoms with van der Waals surface area (Å²) >= 11 is 0. The molecule has 296 valence electrons. The van der Waals surface area contributed by atoms with Crippen LogP contribution in [0.25, 0.3) is 0 Å². The Morgan fingerprint density at radius 3 is 1.53 bits per heavy atom. The highest BCUT2D eigenvalue weighted by atomic mass is 31.2. The van der Waals surface area contributed by atoms with E-state index < -0.39 is 26.5 Å². The number of hydrogen-bond acceptors (Lipinski definition) is 7. The van der Waals surface area contributed by atoms with Gasteiger partial charge in [0, 0.05) is 12.8 Å². The van der Waals surface area contributed by atoms with Crippen molar-refractivity contribution in [3.63, 3.8) is 0 Å². The molecule has 0 aliphatic heterocycles. The van der Waals surface area contributed by atoms with Crippen LogP contribution in [-0.4, -0.2) is 42.8 Å². The van der Waals surface area contributed by atoms with Crippen LogP contribution in [0.3, 0.4) is 0 Å². The molecule has 0 bridgehead atoms. The Kier molecular flexibility index (Phi) is 36.3. The highest BCUT2D eigenvalue weighted by Gasteiger charge is 2.25. The maximum atomic E-state index is 12.5. The SMILES string of the molecule is CC/C=C\C/C=C\C/C=C\CCCCCCCCCC(=O)OC(COC(=O)CCCCCCC/C=C\CCCCCCC)COP(=O)(O)OCC. The third-order valence-corrected chi connectivity index (χ3v) is 9.43. The van der Waals surface area contributed by atoms with E-state index in [4.69, 9.17) is 18.5 Å². The van der Waals surface area contributed by atoms with Gasteiger partial charge in [0.1, 0.15) is 6.61 Å². The Balaban J connectivity index is 4.14. The first-order valence-electron chi connectivity index (χ1n) is 20.4. The predicted octanol–water partition coefficient (Wildman–Crippen LogP) is 12.6. The number of esters is 2. The summed E-state index contributed by atoms with van der Waals surface area (Å²) in [6.45, 7) is 5.33. The Bertz CT molecular complexity index is 974. The van der Waals surface area contributed by atoms with E-state index in [0.717, 1.165) is 83.5 Å². The van der Waals surface area contributed by atoms with Crippen LogP contribution in [0.2, 0.25) is 0 Å². The summed E-state index contributed by atoms with van der Waals surface area (Å²) in [6, 6.07) is 0. The minimum absolute atomic E-state index is 0.00436. The van der Waals surface area contributed by atoms with Gasteiger partial charge in [0.05, 0.1) is 13.2 Å². The van der Waals surface area contributed by atoms with Gasteiger partial charge in [-0.15, -0.1) is 0 Å². The van der Waals surface area contributed by atoms with Gasteiger partial charge in [-0.2, -0.15) is 0 Å². The van der Waals surface area contributed by atoms with Crippen molar-refractivity contribution >= 4 is 19.8 Å². The first kappa shape index (κ1) is 49.0. The molecule has 0 rings (SSSR count). The van der Waals surface area contributed by atoms with Crippen molar-refractivity contribution in [2.45, 2.75) is 187 Å². The third-order valence-electron chi connectivity index (χ3n) is 8.37. The number of hydrogen-bond donors (Lipinski definition) is 1. The molecule has 0 aliphatic rings. The van der Waals surface area contributed by atoms with E-state index >= 15 is 0 Å². The molecule has 0 radical (unpaired) electrons. The summed E-state index contributed by atoms with van der Waals surface area (Å²) in [5.74, 6) is -0.821. The number of allylic oxidation sites excluding steroid dienone is 8. The molecule has 0 aliphatic carbocycles. The molecule has 0 aromatic heterocycles. The second kappa shape index (κ2) is 37.8. The fourth-order valence-electron chi connectivity index (χ4n) is 5.40. The molecule has 1 N–H and O–H groups in total. The quantitative estimate of drug-likeness (QED) is 0.0290. The maximum Gasteiger partial charge on any atom is 0.472 e. The largest absolute Gasteiger partial charge is 0.472 e. The smallest absolute Gasteiger partial charge is 0.462 e. The monoisotopic (exact) mass is 739 g/mol. The van der Waals surface area contributed by atoms with Crippen LogP contribution in [0.15, 0.2) is 48.6 Å². The minimum Gasteiger partial charge on any atom is -0.462 e. The van der Waals surface area contributed by atoms with Crippen LogP contribution >= 0.6 is 7.82 Å². The summed E-state index contributed by atoms with van der Waals surface area (Å²) < 4.78 is 32.6. The van der Waals surface area contributed by atoms with Gasteiger partial charge in [0.2, 0.25) is 0 Å². The maximum absolute atomic E-state index is 12.5. The summed E-state index contributed by atoms with van der Waals surface area (Å²) in [6.07, 6.45) is 43.0. The average molecular weight is 739 g/mol. The van der Waals surface area contributed by atoms with E-state index in [1.807, 2.05) is 0 Å². The van der Waals surface area contributed by atoms with E-state index in [0.29, 0.717) is 6.42 Å². The number of ether oxygens (including phenoxy) is 2. The molecule has 9 heteroatoms. The second-order valence-corrected chi connectivity index (χ2v) is 14.7. The van der Waals surface area contributed by atoms with Gasteiger partial charge in [0.25, 0.3) is 0 Å². The number of rotatable bonds is 37. The lowest BCUT2D eigenvalue weighted by atomic mass is 10.1. The first-order chi connectivity index (χ1) is 24.8. The molecule has 0 heterocycles. The molecule has 0 fully saturated rings. The van der Waals surface area contributed by atoms with Crippen molar-refractivity contribution in [2.24, 2.45) is 0 Å². The number of carbonyl (C=O) groups is 2. The molecule has 0 amide bonds. The molecule has 0 aromatic rings. The third kappa shape index (κ3) is 37.6. The Labute approximate surface area is 312 Å². The van der Waals surface area contributed by atoms with Crippen molar-refractivity contribution in [1.82, 2.24) is 0 Å². The lowest BCUT2D eigenvalue weighted by Gasteiger charge is -2.19. The fourth-order valence-corrected chi connectivity index (χ4v) is 6.16. The normalized spacial score (nSPS) is 13.9. The van der Waals surface area contributed by atoms with Crippen molar-refractivity contribution < 1.29 is 37.6 Å². The van der Waals surface area contributed by atoms with Crippen LogP contribution in [0.5, 0.6) is 0 Å². The number of phosphoric ester groups is 1. The van der Waals surface area contributed by atoms with Gasteiger partial charge in [0.15, 0.2) is 6.10 Å². The van der Waals surface area contributed by atoms with Gasteiger partial charge < -0.3 is 14.4 Å². The second-order valence-electron chi connectivity index (χ2n) is 13.3. The molecule has 51 heavy (non-hydrogen) atoms. The van der Waals surface area contributed by atoms with Gasteiger partial charge >= 0.3 is 19.8 Å². The molecule has 2 atom stereocenters. The zero-order chi connectivity index (χ0) is 37.5. The summed E-state index contributed by atoms with van der Waals surface area (Å²) in [5, 5.41) is 0. The summed E-state index contributed by atoms with van der Waals surface area (Å²) in [5.41, 5.74) is 0. The zero-order valence-electron chi connectivity index (χ0n) is 32.7. The fraction of sp³-hybridized carbons (Fsp3) is 0.762. The molecule has 0 saturated heterocycles. The molecule has 0 aromatic carbocycles. The van der Waals surface area contributed by atoms with E-state index in [-0.39, 0.29) is 32.0 Å². The minimum atomic E-state index is -4.28. The van der Waals surface area contributed by atoms with Crippen LogP contribution in [0.4, 0.5) is 0 Å². The molecule has 0 saturated carbocycles. The van der Waals surface area contributed by atoms with Crippen molar-refractivity contribution in [1.29, 1.82) is 0 Å². The standard InChI is InChI=1S/C42H75O8P/c1-4-7-9-11-13-15-17-19-21-22-23-25-27-29-31-33-35-37-42(44)50-40(39-49-51(45,46)48-6-3)38-47-41(43)36-34-32-30-28-26-24-20-18-16-14-12-10-8-5-2/h7,9,13,15,18-21,40H,4-6,8,10-12,14,16-17,22-39H2,1-3H3,(H,45,46)/b9-7-,15-13-,20-18-,21-19-. The van der Waals surface area contributed by atoms with Crippen molar-refractivity contribution in [3.05, 3.63) is 48.6 Å². The van der Waals surface area contributed by atoms with E-state index in [2.05, 4.69) is 62.5 Å². The first-order valence-corrected chi connectivity index (χ1v) is 21.9. The van der Waals surface area contributed by atoms with Gasteiger partial charge in [-0.1, -0.05) is 140 Å². The lowest BCUT2D eigenvalue weighted by molar-refractivity contribution is -0.161.